The Labute approximate surface area is 362 Å². The van der Waals surface area contributed by atoms with Crippen LogP contribution in [-0.4, -0.2) is 44.0 Å². The third kappa shape index (κ3) is 7.66. The second-order valence-corrected chi connectivity index (χ2v) is 15.8. The number of halogens is 1. The average molecular weight is 857 g/mol. The monoisotopic (exact) mass is 856 g/mol. The van der Waals surface area contributed by atoms with Gasteiger partial charge in [0.2, 0.25) is 11.8 Å². The molecule has 12 nitrogen and oxygen atoms in total. The molecular formula is C48H33ClN6O6S. The summed E-state index contributed by atoms with van der Waals surface area (Å²) in [4.78, 5) is 45.2. The Balaban J connectivity index is 0.879. The quantitative estimate of drug-likeness (QED) is 0.128. The van der Waals surface area contributed by atoms with Gasteiger partial charge in [-0.25, -0.2) is 9.97 Å². The molecule has 0 radical (unpaired) electrons. The van der Waals surface area contributed by atoms with E-state index in [1.54, 1.807) is 86.5 Å². The van der Waals surface area contributed by atoms with Crippen LogP contribution < -0.4 is 20.1 Å². The lowest BCUT2D eigenvalue weighted by Gasteiger charge is -2.19. The number of nitrogens with one attached hydrogen (secondary N) is 2. The first kappa shape index (κ1) is 38.6. The van der Waals surface area contributed by atoms with E-state index >= 15 is 0 Å². The zero-order valence-electron chi connectivity index (χ0n) is 33.0. The molecule has 4 aromatic heterocycles. The van der Waals surface area contributed by atoms with Gasteiger partial charge in [0.15, 0.2) is 23.4 Å². The summed E-state index contributed by atoms with van der Waals surface area (Å²) in [5.41, 5.74) is 7.71. The number of thiazole rings is 1. The fraction of sp³-hybridized carbons (Fsp3) is 0.0833. The number of amides is 2. The summed E-state index contributed by atoms with van der Waals surface area (Å²) < 4.78 is 24.5. The molecule has 0 saturated heterocycles. The molecule has 14 heteroatoms. The zero-order chi connectivity index (χ0) is 42.3. The third-order valence-corrected chi connectivity index (χ3v) is 11.4. The van der Waals surface area contributed by atoms with Gasteiger partial charge in [0.25, 0.3) is 11.8 Å². The minimum atomic E-state index is -0.879. The Hall–Kier alpha value is -7.61. The number of oxazole rings is 2. The maximum absolute atomic E-state index is 13.5. The van der Waals surface area contributed by atoms with E-state index in [1.165, 1.54) is 11.3 Å². The van der Waals surface area contributed by atoms with Crippen LogP contribution in [-0.2, 0) is 9.59 Å². The molecule has 304 valence electrons. The molecule has 0 fully saturated rings. The standard InChI is InChI=1S/C48H33ClN6O6S/c1-26(45(56)52-32-8-12-41-38(22-32)54-47(60-41)28-15-17-50-18-16-28)58-40-14-11-37(49)35-10-7-29(20-36(35)40)31-19-30-5-3-4-6-34(30)43(21-31)59-27(2)46(57)53-33-9-13-42-39(23-33)55-48(61-42)44-24-51-25-62-44/h3-27H,1-2H3,(H,52,56)(H,53,57). The summed E-state index contributed by atoms with van der Waals surface area (Å²) in [5, 5.41) is 9.68. The minimum absolute atomic E-state index is 0.334. The van der Waals surface area contributed by atoms with Crippen molar-refractivity contribution in [3.8, 4) is 44.8 Å². The number of fused-ring (bicyclic) bond motifs is 4. The molecule has 6 aromatic carbocycles. The Morgan fingerprint density at radius 3 is 2.02 bits per heavy atom. The first-order valence-corrected chi connectivity index (χ1v) is 20.8. The second-order valence-electron chi connectivity index (χ2n) is 14.5. The van der Waals surface area contributed by atoms with Crippen molar-refractivity contribution in [2.45, 2.75) is 26.1 Å². The van der Waals surface area contributed by atoms with Crippen LogP contribution in [0.15, 0.2) is 148 Å². The fourth-order valence-electron chi connectivity index (χ4n) is 7.14. The van der Waals surface area contributed by atoms with E-state index in [1.807, 2.05) is 60.7 Å². The van der Waals surface area contributed by atoms with Gasteiger partial charge in [-0.15, -0.1) is 11.3 Å². The van der Waals surface area contributed by atoms with Crippen LogP contribution in [0.4, 0.5) is 11.4 Å². The van der Waals surface area contributed by atoms with Crippen LogP contribution in [0.1, 0.15) is 13.8 Å². The lowest BCUT2D eigenvalue weighted by Crippen LogP contribution is -2.30. The lowest BCUT2D eigenvalue weighted by atomic mass is 9.97. The fourth-order valence-corrected chi connectivity index (χ4v) is 7.91. The van der Waals surface area contributed by atoms with Crippen LogP contribution in [0.5, 0.6) is 11.5 Å². The zero-order valence-corrected chi connectivity index (χ0v) is 34.5. The van der Waals surface area contributed by atoms with Crippen LogP contribution in [0.3, 0.4) is 0 Å². The Morgan fingerprint density at radius 2 is 1.31 bits per heavy atom. The largest absolute Gasteiger partial charge is 0.480 e. The van der Waals surface area contributed by atoms with Crippen molar-refractivity contribution in [1.29, 1.82) is 0 Å². The summed E-state index contributed by atoms with van der Waals surface area (Å²) in [7, 11) is 0. The van der Waals surface area contributed by atoms with E-state index in [2.05, 4.69) is 36.6 Å². The molecule has 62 heavy (non-hydrogen) atoms. The Bertz CT molecular complexity index is 3320. The topological polar surface area (TPSA) is 154 Å². The molecule has 10 rings (SSSR count). The number of pyridine rings is 1. The highest BCUT2D eigenvalue weighted by molar-refractivity contribution is 7.13. The van der Waals surface area contributed by atoms with Gasteiger partial charge < -0.3 is 28.9 Å². The molecule has 2 N–H and O–H groups in total. The highest BCUT2D eigenvalue weighted by Gasteiger charge is 2.21. The normalized spacial score (nSPS) is 12.4. The second kappa shape index (κ2) is 16.1. The summed E-state index contributed by atoms with van der Waals surface area (Å²) >= 11 is 8.14. The number of carbonyl (C=O) groups excluding carboxylic acids is 2. The van der Waals surface area contributed by atoms with Crippen LogP contribution >= 0.6 is 22.9 Å². The van der Waals surface area contributed by atoms with Crippen molar-refractivity contribution < 1.29 is 27.9 Å². The first-order valence-electron chi connectivity index (χ1n) is 19.5. The van der Waals surface area contributed by atoms with Crippen molar-refractivity contribution >= 4 is 89.9 Å². The third-order valence-electron chi connectivity index (χ3n) is 10.3. The average Bonchev–Trinajstić information content (AvgIpc) is 4.08. The number of carbonyl (C=O) groups is 2. The van der Waals surface area contributed by atoms with E-state index in [9.17, 15) is 9.59 Å². The van der Waals surface area contributed by atoms with Crippen LogP contribution in [0.2, 0.25) is 5.02 Å². The number of hydrogen-bond donors (Lipinski definition) is 2. The van der Waals surface area contributed by atoms with Gasteiger partial charge >= 0.3 is 0 Å². The number of nitrogens with zero attached hydrogens (tertiary/aromatic N) is 4. The molecule has 0 spiro atoms. The number of hydrogen-bond acceptors (Lipinski definition) is 11. The summed E-state index contributed by atoms with van der Waals surface area (Å²) in [6.45, 7) is 3.39. The van der Waals surface area contributed by atoms with Gasteiger partial charge in [-0.1, -0.05) is 48.0 Å². The van der Waals surface area contributed by atoms with E-state index in [0.29, 0.717) is 67.3 Å². The van der Waals surface area contributed by atoms with Gasteiger partial charge in [0.05, 0.1) is 11.7 Å². The number of aromatic nitrogens is 4. The smallest absolute Gasteiger partial charge is 0.265 e. The molecule has 0 aliphatic carbocycles. The van der Waals surface area contributed by atoms with Crippen molar-refractivity contribution in [3.05, 3.63) is 144 Å². The number of ether oxygens (including phenoxy) is 2. The first-order chi connectivity index (χ1) is 30.2. The molecule has 0 bridgehead atoms. The van der Waals surface area contributed by atoms with E-state index in [4.69, 9.17) is 29.9 Å². The van der Waals surface area contributed by atoms with E-state index in [-0.39, 0.29) is 11.8 Å². The van der Waals surface area contributed by atoms with Gasteiger partial charge in [0, 0.05) is 50.5 Å². The highest BCUT2D eigenvalue weighted by atomic mass is 35.5. The van der Waals surface area contributed by atoms with Crippen LogP contribution in [0.25, 0.3) is 77.1 Å². The molecule has 10 aromatic rings. The number of rotatable bonds is 11. The Morgan fingerprint density at radius 1 is 0.629 bits per heavy atom. The van der Waals surface area contributed by atoms with Crippen molar-refractivity contribution in [2.75, 3.05) is 10.6 Å². The van der Waals surface area contributed by atoms with Gasteiger partial charge in [0.1, 0.15) is 27.4 Å². The van der Waals surface area contributed by atoms with Crippen molar-refractivity contribution in [2.24, 2.45) is 0 Å². The molecular weight excluding hydrogens is 824 g/mol. The van der Waals surface area contributed by atoms with Gasteiger partial charge in [-0.2, -0.15) is 0 Å². The van der Waals surface area contributed by atoms with Crippen LogP contribution in [0, 0.1) is 0 Å². The molecule has 2 atom stereocenters. The molecule has 2 amide bonds. The number of benzene rings is 6. The summed E-state index contributed by atoms with van der Waals surface area (Å²) in [5.74, 6) is 1.26. The minimum Gasteiger partial charge on any atom is -0.480 e. The lowest BCUT2D eigenvalue weighted by molar-refractivity contribution is -0.122. The predicted molar refractivity (Wildman–Crippen MR) is 242 cm³/mol. The predicted octanol–water partition coefficient (Wildman–Crippen LogP) is 11.6. The summed E-state index contributed by atoms with van der Waals surface area (Å²) in [6.07, 6.45) is 3.31. The van der Waals surface area contributed by atoms with E-state index in [0.717, 1.165) is 37.7 Å². The van der Waals surface area contributed by atoms with E-state index < -0.39 is 12.2 Å². The molecule has 4 heterocycles. The van der Waals surface area contributed by atoms with Gasteiger partial charge in [-0.3, -0.25) is 19.6 Å². The highest BCUT2D eigenvalue weighted by Crippen LogP contribution is 2.39. The van der Waals surface area contributed by atoms with Crippen molar-refractivity contribution in [1.82, 2.24) is 19.9 Å². The van der Waals surface area contributed by atoms with Gasteiger partial charge in [-0.05, 0) is 109 Å². The van der Waals surface area contributed by atoms with Crippen molar-refractivity contribution in [3.63, 3.8) is 0 Å². The molecule has 0 saturated carbocycles. The molecule has 0 aliphatic rings. The molecule has 0 aliphatic heterocycles. The maximum atomic E-state index is 13.5. The molecule has 2 unspecified atom stereocenters. The Kier molecular flexibility index (Phi) is 10.0. The SMILES string of the molecule is CC(Oc1cc(-c2ccc3c(Cl)ccc(OC(C)C(=O)Nc4ccc5oc(-c6ccncc6)nc5c4)c3c2)cc2ccccc12)C(=O)Nc1ccc2oc(-c3cncs3)nc2c1. The maximum Gasteiger partial charge on any atom is 0.265 e. The number of anilines is 2. The summed E-state index contributed by atoms with van der Waals surface area (Å²) in [6, 6.07) is 35.4.